The second-order valence-electron chi connectivity index (χ2n) is 7.28. The zero-order valence-corrected chi connectivity index (χ0v) is 17.1. The Morgan fingerprint density at radius 3 is 2.74 bits per heavy atom. The van der Waals surface area contributed by atoms with Gasteiger partial charge in [0.2, 0.25) is 0 Å². The van der Waals surface area contributed by atoms with Gasteiger partial charge in [0.25, 0.3) is 0 Å². The molecule has 1 aromatic carbocycles. The van der Waals surface area contributed by atoms with Crippen LogP contribution in [0.5, 0.6) is 11.5 Å². The van der Waals surface area contributed by atoms with Crippen molar-refractivity contribution in [1.82, 2.24) is 24.7 Å². The quantitative estimate of drug-likeness (QED) is 0.473. The highest BCUT2D eigenvalue weighted by atomic mass is 19.1. The van der Waals surface area contributed by atoms with Crippen molar-refractivity contribution in [1.29, 1.82) is 0 Å². The lowest BCUT2D eigenvalue weighted by atomic mass is 10.1. The molecule has 0 N–H and O–H groups in total. The minimum absolute atomic E-state index is 0.131. The molecule has 0 aliphatic carbocycles. The minimum atomic E-state index is -0.433. The van der Waals surface area contributed by atoms with Crippen LogP contribution in [0.1, 0.15) is 17.3 Å². The molecule has 3 aromatic heterocycles. The molecule has 0 bridgehead atoms. The number of halogens is 1. The third-order valence-corrected chi connectivity index (χ3v) is 5.27. The molecule has 1 fully saturated rings. The lowest BCUT2D eigenvalue weighted by Gasteiger charge is -2.25. The first-order valence-corrected chi connectivity index (χ1v) is 9.80. The highest BCUT2D eigenvalue weighted by molar-refractivity contribution is 5.73. The highest BCUT2D eigenvalue weighted by Crippen LogP contribution is 2.29. The highest BCUT2D eigenvalue weighted by Gasteiger charge is 2.21. The summed E-state index contributed by atoms with van der Waals surface area (Å²) >= 11 is 0. The fraction of sp³-hybridized carbons (Fsp3) is 0.273. The van der Waals surface area contributed by atoms with E-state index in [1.807, 2.05) is 23.0 Å². The SMILES string of the molecule is COc1cc(Cc2ccc3ncc(-c4cnn(C5COC5)c4)nc3n2)c(F)c(OC)c1. The first-order chi connectivity index (χ1) is 15.1. The van der Waals surface area contributed by atoms with Gasteiger partial charge in [-0.3, -0.25) is 9.67 Å². The van der Waals surface area contributed by atoms with Crippen LogP contribution in [0.3, 0.4) is 0 Å². The summed E-state index contributed by atoms with van der Waals surface area (Å²) in [5, 5.41) is 4.39. The van der Waals surface area contributed by atoms with Crippen LogP contribution >= 0.6 is 0 Å². The Hall–Kier alpha value is -3.59. The van der Waals surface area contributed by atoms with E-state index in [-0.39, 0.29) is 18.2 Å². The Kier molecular flexibility index (Phi) is 4.95. The number of ether oxygens (including phenoxy) is 3. The summed E-state index contributed by atoms with van der Waals surface area (Å²) in [4.78, 5) is 13.7. The maximum Gasteiger partial charge on any atom is 0.179 e. The monoisotopic (exact) mass is 421 g/mol. The van der Waals surface area contributed by atoms with E-state index in [2.05, 4.69) is 20.1 Å². The predicted molar refractivity (Wildman–Crippen MR) is 111 cm³/mol. The number of hydrogen-bond donors (Lipinski definition) is 0. The molecule has 0 saturated carbocycles. The van der Waals surface area contributed by atoms with Gasteiger partial charge < -0.3 is 14.2 Å². The van der Waals surface area contributed by atoms with Crippen molar-refractivity contribution in [3.63, 3.8) is 0 Å². The summed E-state index contributed by atoms with van der Waals surface area (Å²) in [7, 11) is 2.95. The van der Waals surface area contributed by atoms with E-state index in [0.717, 1.165) is 5.56 Å². The van der Waals surface area contributed by atoms with Crippen LogP contribution in [0.4, 0.5) is 4.39 Å². The topological polar surface area (TPSA) is 84.2 Å². The van der Waals surface area contributed by atoms with Gasteiger partial charge >= 0.3 is 0 Å². The lowest BCUT2D eigenvalue weighted by Crippen LogP contribution is -2.30. The summed E-state index contributed by atoms with van der Waals surface area (Å²) < 4.78 is 32.2. The second-order valence-corrected chi connectivity index (χ2v) is 7.28. The number of rotatable bonds is 6. The summed E-state index contributed by atoms with van der Waals surface area (Å²) in [6, 6.07) is 7.07. The van der Waals surface area contributed by atoms with Gasteiger partial charge in [-0.2, -0.15) is 5.10 Å². The van der Waals surface area contributed by atoms with Crippen LogP contribution in [0, 0.1) is 5.82 Å². The molecule has 1 aliphatic heterocycles. The van der Waals surface area contributed by atoms with E-state index >= 15 is 0 Å². The van der Waals surface area contributed by atoms with E-state index in [0.29, 0.717) is 47.1 Å². The molecule has 0 radical (unpaired) electrons. The number of methoxy groups -OCH3 is 2. The van der Waals surface area contributed by atoms with Crippen molar-refractivity contribution in [2.45, 2.75) is 12.5 Å². The van der Waals surface area contributed by atoms with E-state index in [1.54, 1.807) is 18.5 Å². The predicted octanol–water partition coefficient (Wildman–Crippen LogP) is 3.21. The van der Waals surface area contributed by atoms with Crippen molar-refractivity contribution in [2.24, 2.45) is 0 Å². The fourth-order valence-electron chi connectivity index (χ4n) is 3.44. The Morgan fingerprint density at radius 2 is 2.00 bits per heavy atom. The molecule has 8 nitrogen and oxygen atoms in total. The first kappa shape index (κ1) is 19.4. The van der Waals surface area contributed by atoms with Gasteiger partial charge in [-0.05, 0) is 18.2 Å². The standard InChI is InChI=1S/C22H20FN5O3/c1-29-17-6-13(21(23)20(7-17)30-2)5-15-3-4-18-22(26-15)27-19(9-24-18)14-8-25-28(10-14)16-11-31-12-16/h3-4,6-10,16H,5,11-12H2,1-2H3. The third kappa shape index (κ3) is 3.68. The van der Waals surface area contributed by atoms with Crippen LogP contribution in [0.15, 0.2) is 42.9 Å². The molecule has 0 spiro atoms. The zero-order valence-electron chi connectivity index (χ0n) is 17.1. The molecule has 4 aromatic rings. The van der Waals surface area contributed by atoms with Crippen molar-refractivity contribution >= 4 is 11.2 Å². The molecule has 0 atom stereocenters. The number of hydrogen-bond acceptors (Lipinski definition) is 7. The Labute approximate surface area is 177 Å². The normalized spacial score (nSPS) is 13.9. The van der Waals surface area contributed by atoms with Crippen LogP contribution in [0.2, 0.25) is 0 Å². The maximum absolute atomic E-state index is 14.7. The fourth-order valence-corrected chi connectivity index (χ4v) is 3.44. The van der Waals surface area contributed by atoms with Gasteiger partial charge in [-0.15, -0.1) is 0 Å². The van der Waals surface area contributed by atoms with Crippen LogP contribution in [-0.4, -0.2) is 52.2 Å². The molecule has 9 heteroatoms. The van der Waals surface area contributed by atoms with E-state index in [9.17, 15) is 4.39 Å². The number of pyridine rings is 1. The second kappa shape index (κ2) is 7.92. The van der Waals surface area contributed by atoms with E-state index in [1.165, 1.54) is 20.3 Å². The molecule has 158 valence electrons. The van der Waals surface area contributed by atoms with Crippen molar-refractivity contribution in [3.8, 4) is 22.8 Å². The van der Waals surface area contributed by atoms with Gasteiger partial charge in [-0.1, -0.05) is 0 Å². The third-order valence-electron chi connectivity index (χ3n) is 5.27. The molecule has 5 rings (SSSR count). The summed E-state index contributed by atoms with van der Waals surface area (Å²) in [6.45, 7) is 1.34. The van der Waals surface area contributed by atoms with Crippen LogP contribution in [0.25, 0.3) is 22.4 Å². The molecular formula is C22H20FN5O3. The van der Waals surface area contributed by atoms with Gasteiger partial charge in [0.1, 0.15) is 11.3 Å². The van der Waals surface area contributed by atoms with Crippen LogP contribution < -0.4 is 9.47 Å². The Morgan fingerprint density at radius 1 is 1.13 bits per heavy atom. The zero-order chi connectivity index (χ0) is 21.4. The smallest absolute Gasteiger partial charge is 0.179 e. The maximum atomic E-state index is 14.7. The van der Waals surface area contributed by atoms with Crippen molar-refractivity contribution in [3.05, 3.63) is 59.9 Å². The van der Waals surface area contributed by atoms with Gasteiger partial charge in [0.05, 0.1) is 51.6 Å². The molecule has 1 saturated heterocycles. The Bertz CT molecular complexity index is 1260. The summed E-state index contributed by atoms with van der Waals surface area (Å²) in [6.07, 6.45) is 5.66. The molecule has 31 heavy (non-hydrogen) atoms. The minimum Gasteiger partial charge on any atom is -0.497 e. The lowest BCUT2D eigenvalue weighted by molar-refractivity contribution is -0.0286. The molecular weight excluding hydrogens is 401 g/mol. The van der Waals surface area contributed by atoms with Gasteiger partial charge in [0, 0.05) is 35.5 Å². The Balaban J connectivity index is 1.46. The summed E-state index contributed by atoms with van der Waals surface area (Å²) in [5.41, 5.74) is 3.78. The number of nitrogens with zero attached hydrogens (tertiary/aromatic N) is 5. The average molecular weight is 421 g/mol. The largest absolute Gasteiger partial charge is 0.497 e. The van der Waals surface area contributed by atoms with E-state index in [4.69, 9.17) is 14.2 Å². The van der Waals surface area contributed by atoms with Crippen LogP contribution in [-0.2, 0) is 11.2 Å². The van der Waals surface area contributed by atoms with E-state index < -0.39 is 5.82 Å². The average Bonchev–Trinajstić information content (AvgIpc) is 3.22. The van der Waals surface area contributed by atoms with Gasteiger partial charge in [-0.25, -0.2) is 14.4 Å². The van der Waals surface area contributed by atoms with Crippen molar-refractivity contribution < 1.29 is 18.6 Å². The summed E-state index contributed by atoms with van der Waals surface area (Å²) in [5.74, 6) is 0.216. The molecule has 1 aliphatic rings. The molecule has 0 amide bonds. The first-order valence-electron chi connectivity index (χ1n) is 9.80. The number of benzene rings is 1. The number of fused-ring (bicyclic) bond motifs is 1. The van der Waals surface area contributed by atoms with Gasteiger partial charge in [0.15, 0.2) is 17.2 Å². The molecule has 0 unspecified atom stereocenters. The molecule has 4 heterocycles. The van der Waals surface area contributed by atoms with Crippen molar-refractivity contribution in [2.75, 3.05) is 27.4 Å². The number of aromatic nitrogens is 5.